The molecule has 0 saturated carbocycles. The molecule has 0 aliphatic heterocycles. The lowest BCUT2D eigenvalue weighted by Crippen LogP contribution is -2.31. The number of benzene rings is 2. The number of halogens is 2. The topological polar surface area (TPSA) is 46.9 Å². The molecule has 27 heavy (non-hydrogen) atoms. The van der Waals surface area contributed by atoms with Gasteiger partial charge in [0.05, 0.1) is 24.3 Å². The molecule has 0 spiro atoms. The van der Waals surface area contributed by atoms with Crippen LogP contribution >= 0.6 is 11.6 Å². The summed E-state index contributed by atoms with van der Waals surface area (Å²) in [4.78, 5) is 12.5. The van der Waals surface area contributed by atoms with Crippen LogP contribution in [0.4, 0.5) is 4.39 Å². The highest BCUT2D eigenvalue weighted by atomic mass is 35.5. The lowest BCUT2D eigenvalue weighted by molar-refractivity contribution is 0.0928. The smallest absolute Gasteiger partial charge is 0.254 e. The summed E-state index contributed by atoms with van der Waals surface area (Å²) in [5.74, 6) is -0.912. The largest absolute Gasteiger partial charge is 0.345 e. The van der Waals surface area contributed by atoms with Gasteiger partial charge in [-0.25, -0.2) is 4.39 Å². The lowest BCUT2D eigenvalue weighted by atomic mass is 9.92. The number of carbonyl (C=O) groups excluding carboxylic acids is 1. The van der Waals surface area contributed by atoms with E-state index in [1.807, 2.05) is 28.9 Å². The van der Waals surface area contributed by atoms with Gasteiger partial charge in [-0.05, 0) is 43.0 Å². The molecule has 4 nitrogen and oxygen atoms in total. The summed E-state index contributed by atoms with van der Waals surface area (Å²) in [6.07, 6.45) is 4.44. The number of nitrogens with zero attached hydrogens (tertiary/aromatic N) is 2. The third-order valence-corrected chi connectivity index (χ3v) is 5.33. The number of aromatic nitrogens is 2. The second-order valence-corrected chi connectivity index (χ2v) is 7.10. The molecule has 0 saturated heterocycles. The van der Waals surface area contributed by atoms with Crippen molar-refractivity contribution in [2.75, 3.05) is 0 Å². The number of rotatable bonds is 4. The third kappa shape index (κ3) is 3.60. The minimum atomic E-state index is -0.513. The molecule has 1 atom stereocenters. The predicted octanol–water partition coefficient (Wildman–Crippen LogP) is 4.53. The van der Waals surface area contributed by atoms with Crippen LogP contribution in [-0.4, -0.2) is 15.7 Å². The van der Waals surface area contributed by atoms with E-state index in [4.69, 9.17) is 11.6 Å². The van der Waals surface area contributed by atoms with Crippen LogP contribution in [0.1, 0.15) is 46.1 Å². The van der Waals surface area contributed by atoms with Crippen molar-refractivity contribution in [3.8, 4) is 0 Å². The Balaban J connectivity index is 1.56. The van der Waals surface area contributed by atoms with E-state index in [0.29, 0.717) is 11.6 Å². The molecule has 1 amide bonds. The summed E-state index contributed by atoms with van der Waals surface area (Å²) in [7, 11) is 0. The van der Waals surface area contributed by atoms with Gasteiger partial charge in [0.1, 0.15) is 5.82 Å². The first-order valence-corrected chi connectivity index (χ1v) is 9.34. The zero-order chi connectivity index (χ0) is 18.8. The standard InChI is InChI=1S/C21H19ClFN3O/c22-17-8-3-1-6-14(17)13-26-20-11-5-10-19(16(20)12-24-26)25-21(27)15-7-2-4-9-18(15)23/h1-4,6-9,12,19H,5,10-11,13H2,(H,25,27)/t19-/m0/s1. The third-order valence-electron chi connectivity index (χ3n) is 4.96. The Morgan fingerprint density at radius 1 is 1.22 bits per heavy atom. The van der Waals surface area contributed by atoms with Crippen LogP contribution in [0.3, 0.4) is 0 Å². The molecule has 0 radical (unpaired) electrons. The molecular formula is C21H19ClFN3O. The van der Waals surface area contributed by atoms with Gasteiger partial charge in [-0.2, -0.15) is 5.10 Å². The zero-order valence-corrected chi connectivity index (χ0v) is 15.4. The Morgan fingerprint density at radius 2 is 2.00 bits per heavy atom. The molecule has 3 aromatic rings. The fourth-order valence-corrected chi connectivity index (χ4v) is 3.77. The highest BCUT2D eigenvalue weighted by Gasteiger charge is 2.26. The Morgan fingerprint density at radius 3 is 2.81 bits per heavy atom. The summed E-state index contributed by atoms with van der Waals surface area (Å²) >= 11 is 6.27. The summed E-state index contributed by atoms with van der Waals surface area (Å²) in [5, 5.41) is 8.19. The van der Waals surface area contributed by atoms with Crippen molar-refractivity contribution in [2.45, 2.75) is 31.8 Å². The Labute approximate surface area is 162 Å². The fourth-order valence-electron chi connectivity index (χ4n) is 3.57. The van der Waals surface area contributed by atoms with Gasteiger partial charge in [-0.1, -0.05) is 41.9 Å². The molecular weight excluding hydrogens is 365 g/mol. The summed E-state index contributed by atoms with van der Waals surface area (Å²) in [5.41, 5.74) is 3.16. The van der Waals surface area contributed by atoms with Gasteiger partial charge in [0, 0.05) is 16.3 Å². The molecule has 0 unspecified atom stereocenters. The highest BCUT2D eigenvalue weighted by Crippen LogP contribution is 2.31. The van der Waals surface area contributed by atoms with E-state index < -0.39 is 11.7 Å². The minimum Gasteiger partial charge on any atom is -0.345 e. The fraction of sp³-hybridized carbons (Fsp3) is 0.238. The second kappa shape index (κ2) is 7.53. The van der Waals surface area contributed by atoms with Crippen molar-refractivity contribution in [2.24, 2.45) is 0 Å². The SMILES string of the molecule is O=C(N[C@H]1CCCc2c1cnn2Cc1ccccc1Cl)c1ccccc1F. The van der Waals surface area contributed by atoms with Crippen LogP contribution < -0.4 is 5.32 Å². The maximum Gasteiger partial charge on any atom is 0.254 e. The first-order chi connectivity index (χ1) is 13.1. The maximum absolute atomic E-state index is 13.9. The van der Waals surface area contributed by atoms with Gasteiger partial charge in [-0.3, -0.25) is 9.48 Å². The van der Waals surface area contributed by atoms with Gasteiger partial charge in [-0.15, -0.1) is 0 Å². The van der Waals surface area contributed by atoms with E-state index in [1.54, 1.807) is 18.3 Å². The average Bonchev–Trinajstić information content (AvgIpc) is 3.08. The molecule has 1 aromatic heterocycles. The maximum atomic E-state index is 13.9. The predicted molar refractivity (Wildman–Crippen MR) is 102 cm³/mol. The molecule has 0 bridgehead atoms. The van der Waals surface area contributed by atoms with E-state index in [-0.39, 0.29) is 11.6 Å². The summed E-state index contributed by atoms with van der Waals surface area (Å²) < 4.78 is 15.8. The molecule has 2 aromatic carbocycles. The first kappa shape index (κ1) is 17.7. The van der Waals surface area contributed by atoms with Crippen molar-refractivity contribution >= 4 is 17.5 Å². The Kier molecular flexibility index (Phi) is 4.94. The zero-order valence-electron chi connectivity index (χ0n) is 14.7. The first-order valence-electron chi connectivity index (χ1n) is 8.97. The number of hydrogen-bond donors (Lipinski definition) is 1. The molecule has 4 rings (SSSR count). The van der Waals surface area contributed by atoms with E-state index >= 15 is 0 Å². The number of nitrogens with one attached hydrogen (secondary N) is 1. The monoisotopic (exact) mass is 383 g/mol. The van der Waals surface area contributed by atoms with Crippen LogP contribution in [0, 0.1) is 5.82 Å². The number of amides is 1. The van der Waals surface area contributed by atoms with E-state index in [9.17, 15) is 9.18 Å². The number of carbonyl (C=O) groups is 1. The van der Waals surface area contributed by atoms with E-state index in [0.717, 1.165) is 36.1 Å². The molecule has 1 aliphatic rings. The molecule has 138 valence electrons. The van der Waals surface area contributed by atoms with Crippen molar-refractivity contribution in [1.82, 2.24) is 15.1 Å². The van der Waals surface area contributed by atoms with Gasteiger partial charge in [0.15, 0.2) is 0 Å². The van der Waals surface area contributed by atoms with Crippen molar-refractivity contribution in [3.63, 3.8) is 0 Å². The normalized spacial score (nSPS) is 16.0. The van der Waals surface area contributed by atoms with Crippen LogP contribution in [0.2, 0.25) is 5.02 Å². The van der Waals surface area contributed by atoms with Gasteiger partial charge in [0.2, 0.25) is 0 Å². The lowest BCUT2D eigenvalue weighted by Gasteiger charge is -2.24. The van der Waals surface area contributed by atoms with Crippen molar-refractivity contribution in [3.05, 3.63) is 88.0 Å². The summed E-state index contributed by atoms with van der Waals surface area (Å²) in [6, 6.07) is 13.6. The van der Waals surface area contributed by atoms with Crippen molar-refractivity contribution < 1.29 is 9.18 Å². The molecule has 1 N–H and O–H groups in total. The van der Waals surface area contributed by atoms with Crippen LogP contribution in [-0.2, 0) is 13.0 Å². The second-order valence-electron chi connectivity index (χ2n) is 6.69. The van der Waals surface area contributed by atoms with Crippen molar-refractivity contribution in [1.29, 1.82) is 0 Å². The molecule has 6 heteroatoms. The molecule has 1 aliphatic carbocycles. The minimum absolute atomic E-state index is 0.0630. The molecule has 1 heterocycles. The Bertz CT molecular complexity index is 985. The quantitative estimate of drug-likeness (QED) is 0.719. The van der Waals surface area contributed by atoms with Gasteiger partial charge < -0.3 is 5.32 Å². The van der Waals surface area contributed by atoms with Crippen LogP contribution in [0.25, 0.3) is 0 Å². The van der Waals surface area contributed by atoms with Crippen LogP contribution in [0.15, 0.2) is 54.7 Å². The van der Waals surface area contributed by atoms with Gasteiger partial charge in [0.25, 0.3) is 5.91 Å². The van der Waals surface area contributed by atoms with Crippen LogP contribution in [0.5, 0.6) is 0 Å². The summed E-state index contributed by atoms with van der Waals surface area (Å²) in [6.45, 7) is 0.586. The van der Waals surface area contributed by atoms with E-state index in [2.05, 4.69) is 10.4 Å². The Hall–Kier alpha value is -2.66. The molecule has 0 fully saturated rings. The average molecular weight is 384 g/mol. The number of fused-ring (bicyclic) bond motifs is 1. The number of hydrogen-bond acceptors (Lipinski definition) is 2. The van der Waals surface area contributed by atoms with E-state index in [1.165, 1.54) is 12.1 Å². The highest BCUT2D eigenvalue weighted by molar-refractivity contribution is 6.31. The van der Waals surface area contributed by atoms with Gasteiger partial charge >= 0.3 is 0 Å².